The molecule has 0 aliphatic carbocycles. The molecule has 1 atom stereocenters. The first kappa shape index (κ1) is 23.3. The summed E-state index contributed by atoms with van der Waals surface area (Å²) in [5.74, 6) is -0.477. The minimum absolute atomic E-state index is 0.444. The largest absolute Gasteiger partial charge is 0.454 e. The van der Waals surface area contributed by atoms with Crippen LogP contribution in [0, 0.1) is 0 Å². The molecule has 0 aromatic heterocycles. The first-order valence-corrected chi connectivity index (χ1v) is 18.1. The van der Waals surface area contributed by atoms with Crippen molar-refractivity contribution in [3.8, 4) is 0 Å². The standard InChI is InChI=1S/C18H34O5Si3/c1-18(2,20)17(21-16(19)15-13-11-10-12-14-15)26(9,22-24(3,4)5)23-25(6,7)8/h10-14,17,20H,1-9H3. The Kier molecular flexibility index (Phi) is 7.22. The van der Waals surface area contributed by atoms with Crippen molar-refractivity contribution in [3.63, 3.8) is 0 Å². The van der Waals surface area contributed by atoms with Crippen molar-refractivity contribution in [1.82, 2.24) is 0 Å². The van der Waals surface area contributed by atoms with E-state index in [4.69, 9.17) is 13.0 Å². The van der Waals surface area contributed by atoms with Crippen LogP contribution in [0.3, 0.4) is 0 Å². The number of carbonyl (C=O) groups is 1. The van der Waals surface area contributed by atoms with E-state index in [1.807, 2.05) is 12.6 Å². The van der Waals surface area contributed by atoms with Gasteiger partial charge in [0.05, 0.1) is 11.2 Å². The van der Waals surface area contributed by atoms with Crippen molar-refractivity contribution in [2.45, 2.75) is 71.0 Å². The molecular weight excluding hydrogens is 380 g/mol. The maximum atomic E-state index is 12.7. The Morgan fingerprint density at radius 2 is 1.35 bits per heavy atom. The van der Waals surface area contributed by atoms with Crippen LogP contribution in [0.15, 0.2) is 30.3 Å². The summed E-state index contributed by atoms with van der Waals surface area (Å²) in [5.41, 5.74) is -1.69. The van der Waals surface area contributed by atoms with Crippen LogP contribution in [0.4, 0.5) is 0 Å². The van der Waals surface area contributed by atoms with Crippen molar-refractivity contribution in [1.29, 1.82) is 0 Å². The topological polar surface area (TPSA) is 65.0 Å². The number of hydrogen-bond donors (Lipinski definition) is 1. The maximum Gasteiger partial charge on any atom is 0.359 e. The molecule has 0 fully saturated rings. The molecule has 0 aliphatic rings. The van der Waals surface area contributed by atoms with Gasteiger partial charge < -0.3 is 18.1 Å². The molecule has 1 unspecified atom stereocenters. The monoisotopic (exact) mass is 414 g/mol. The molecule has 148 valence electrons. The lowest BCUT2D eigenvalue weighted by atomic mass is 10.1. The molecule has 1 aromatic rings. The van der Waals surface area contributed by atoms with Crippen LogP contribution in [-0.4, -0.2) is 47.6 Å². The molecule has 0 saturated heterocycles. The SMILES string of the molecule is CC(C)(O)C(OC(=O)c1ccccc1)[Si](C)(O[Si](C)(C)C)O[Si](C)(C)C. The summed E-state index contributed by atoms with van der Waals surface area (Å²) >= 11 is 0. The highest BCUT2D eigenvalue weighted by Crippen LogP contribution is 2.31. The van der Waals surface area contributed by atoms with Gasteiger partial charge in [-0.25, -0.2) is 4.79 Å². The number of esters is 1. The third-order valence-electron chi connectivity index (χ3n) is 3.37. The van der Waals surface area contributed by atoms with Gasteiger partial charge in [-0.2, -0.15) is 0 Å². The Morgan fingerprint density at radius 1 is 0.923 bits per heavy atom. The lowest BCUT2D eigenvalue weighted by Crippen LogP contribution is -2.66. The summed E-state index contributed by atoms with van der Waals surface area (Å²) in [6.45, 7) is 17.6. The van der Waals surface area contributed by atoms with Crippen LogP contribution < -0.4 is 0 Å². The summed E-state index contributed by atoms with van der Waals surface area (Å²) < 4.78 is 18.8. The van der Waals surface area contributed by atoms with Crippen LogP contribution in [0.5, 0.6) is 0 Å². The van der Waals surface area contributed by atoms with Gasteiger partial charge >= 0.3 is 14.5 Å². The molecule has 0 aliphatic heterocycles. The Morgan fingerprint density at radius 3 is 1.69 bits per heavy atom. The van der Waals surface area contributed by atoms with E-state index in [1.54, 1.807) is 38.1 Å². The first-order valence-electron chi connectivity index (χ1n) is 8.92. The molecule has 5 nitrogen and oxygen atoms in total. The molecule has 1 N–H and O–H groups in total. The Balaban J connectivity index is 3.29. The van der Waals surface area contributed by atoms with Crippen molar-refractivity contribution in [2.24, 2.45) is 0 Å². The predicted molar refractivity (Wildman–Crippen MR) is 112 cm³/mol. The highest BCUT2D eigenvalue weighted by molar-refractivity contribution is 6.88. The van der Waals surface area contributed by atoms with Gasteiger partial charge in [-0.15, -0.1) is 0 Å². The van der Waals surface area contributed by atoms with Gasteiger partial charge in [0.25, 0.3) is 0 Å². The van der Waals surface area contributed by atoms with Gasteiger partial charge in [0.1, 0.15) is 0 Å². The average Bonchev–Trinajstić information content (AvgIpc) is 2.39. The Hall–Kier alpha value is -0.779. The summed E-state index contributed by atoms with van der Waals surface area (Å²) in [5, 5.41) is 10.8. The summed E-state index contributed by atoms with van der Waals surface area (Å²) in [6, 6.07) is 8.79. The Bertz CT molecular complexity index is 584. The van der Waals surface area contributed by atoms with Gasteiger partial charge in [-0.05, 0) is 71.8 Å². The van der Waals surface area contributed by atoms with Crippen LogP contribution in [0.2, 0.25) is 45.8 Å². The molecule has 1 rings (SSSR count). The highest BCUT2D eigenvalue weighted by atomic mass is 28.5. The molecular formula is C18H34O5Si3. The van der Waals surface area contributed by atoms with Crippen molar-refractivity contribution >= 4 is 31.2 Å². The quantitative estimate of drug-likeness (QED) is 0.507. The molecule has 0 saturated carbocycles. The maximum absolute atomic E-state index is 12.7. The fourth-order valence-corrected chi connectivity index (χ4v) is 15.7. The molecule has 0 spiro atoms. The van der Waals surface area contributed by atoms with Crippen LogP contribution in [0.25, 0.3) is 0 Å². The van der Waals surface area contributed by atoms with Crippen molar-refractivity contribution < 1.29 is 22.9 Å². The fourth-order valence-electron chi connectivity index (χ4n) is 2.99. The van der Waals surface area contributed by atoms with E-state index in [9.17, 15) is 9.90 Å². The van der Waals surface area contributed by atoms with Crippen LogP contribution in [0.1, 0.15) is 24.2 Å². The minimum atomic E-state index is -3.05. The minimum Gasteiger partial charge on any atom is -0.454 e. The van der Waals surface area contributed by atoms with Gasteiger partial charge in [0.15, 0.2) is 22.4 Å². The van der Waals surface area contributed by atoms with Gasteiger partial charge in [-0.3, -0.25) is 0 Å². The summed E-state index contributed by atoms with van der Waals surface area (Å²) in [7, 11) is -7.07. The number of benzene rings is 1. The van der Waals surface area contributed by atoms with Crippen LogP contribution in [-0.2, 0) is 13.0 Å². The average molecular weight is 415 g/mol. The van der Waals surface area contributed by atoms with Crippen molar-refractivity contribution in [3.05, 3.63) is 35.9 Å². The highest BCUT2D eigenvalue weighted by Gasteiger charge is 2.55. The van der Waals surface area contributed by atoms with E-state index < -0.39 is 42.5 Å². The zero-order valence-electron chi connectivity index (χ0n) is 17.5. The molecule has 0 heterocycles. The molecule has 0 bridgehead atoms. The second-order valence-electron chi connectivity index (χ2n) is 9.25. The second-order valence-corrected chi connectivity index (χ2v) is 21.9. The number of rotatable bonds is 8. The Labute approximate surface area is 161 Å². The lowest BCUT2D eigenvalue weighted by Gasteiger charge is -2.45. The van der Waals surface area contributed by atoms with E-state index in [0.717, 1.165) is 0 Å². The van der Waals surface area contributed by atoms with Gasteiger partial charge in [0, 0.05) is 0 Å². The third kappa shape index (κ3) is 7.45. The summed E-state index contributed by atoms with van der Waals surface area (Å²) in [6.07, 6.45) is 0. The predicted octanol–water partition coefficient (Wildman–Crippen LogP) is 4.30. The van der Waals surface area contributed by atoms with Crippen molar-refractivity contribution in [2.75, 3.05) is 0 Å². The summed E-state index contributed by atoms with van der Waals surface area (Å²) in [4.78, 5) is 12.7. The van der Waals surface area contributed by atoms with Crippen LogP contribution >= 0.6 is 0 Å². The van der Waals surface area contributed by atoms with E-state index in [0.29, 0.717) is 5.56 Å². The fraction of sp³-hybridized carbons (Fsp3) is 0.611. The zero-order valence-corrected chi connectivity index (χ0v) is 20.5. The molecule has 26 heavy (non-hydrogen) atoms. The van der Waals surface area contributed by atoms with E-state index in [-0.39, 0.29) is 0 Å². The normalized spacial score (nSPS) is 14.8. The number of aliphatic hydroxyl groups is 1. The number of carbonyl (C=O) groups excluding carboxylic acids is 1. The van der Waals surface area contributed by atoms with E-state index in [2.05, 4.69) is 39.3 Å². The molecule has 0 radical (unpaired) electrons. The zero-order chi connectivity index (χ0) is 20.4. The first-order chi connectivity index (χ1) is 11.5. The second kappa shape index (κ2) is 8.07. The van der Waals surface area contributed by atoms with Gasteiger partial charge in [-0.1, -0.05) is 18.2 Å². The smallest absolute Gasteiger partial charge is 0.359 e. The molecule has 1 aromatic carbocycles. The molecule has 0 amide bonds. The number of ether oxygens (including phenoxy) is 1. The molecule has 8 heteroatoms. The van der Waals surface area contributed by atoms with Gasteiger partial charge in [0.2, 0.25) is 0 Å². The van der Waals surface area contributed by atoms with E-state index >= 15 is 0 Å². The van der Waals surface area contributed by atoms with E-state index in [1.165, 1.54) is 0 Å². The number of hydrogen-bond acceptors (Lipinski definition) is 5. The third-order valence-corrected chi connectivity index (χ3v) is 13.3. The lowest BCUT2D eigenvalue weighted by molar-refractivity contribution is -0.0448.